The van der Waals surface area contributed by atoms with Crippen molar-refractivity contribution < 1.29 is 15.0 Å². The van der Waals surface area contributed by atoms with Crippen molar-refractivity contribution in [3.05, 3.63) is 24.3 Å². The Hall–Kier alpha value is -2.09. The zero-order valence-electron chi connectivity index (χ0n) is 11.0. The predicted octanol–water partition coefficient (Wildman–Crippen LogP) is 1.57. The summed E-state index contributed by atoms with van der Waals surface area (Å²) < 4.78 is 1.45. The van der Waals surface area contributed by atoms with Crippen molar-refractivity contribution >= 4 is 17.7 Å². The molecular formula is C12H14N4O3S. The quantitative estimate of drug-likeness (QED) is 0.807. The van der Waals surface area contributed by atoms with Crippen LogP contribution in [0, 0.1) is 5.92 Å². The lowest BCUT2D eigenvalue weighted by Gasteiger charge is -2.14. The fraction of sp³-hybridized carbons (Fsp3) is 0.333. The Morgan fingerprint density at radius 2 is 1.95 bits per heavy atom. The minimum atomic E-state index is -0.898. The predicted molar refractivity (Wildman–Crippen MR) is 72.9 cm³/mol. The zero-order chi connectivity index (χ0) is 14.7. The maximum Gasteiger partial charge on any atom is 0.317 e. The first-order chi connectivity index (χ1) is 9.49. The lowest BCUT2D eigenvalue weighted by Crippen LogP contribution is -2.23. The van der Waals surface area contributed by atoms with Gasteiger partial charge in [-0.15, -0.1) is 5.10 Å². The molecule has 106 valence electrons. The fourth-order valence-corrected chi connectivity index (χ4v) is 2.52. The third-order valence-electron chi connectivity index (χ3n) is 2.62. The summed E-state index contributed by atoms with van der Waals surface area (Å²) in [6.07, 6.45) is 0. The van der Waals surface area contributed by atoms with Crippen LogP contribution in [-0.2, 0) is 4.79 Å². The van der Waals surface area contributed by atoms with Gasteiger partial charge in [-0.05, 0) is 40.6 Å². The number of nitrogens with zero attached hydrogens (tertiary/aromatic N) is 4. The smallest absolute Gasteiger partial charge is 0.317 e. The molecule has 0 bridgehead atoms. The summed E-state index contributed by atoms with van der Waals surface area (Å²) in [5.41, 5.74) is 0.656. The number of carboxylic acids is 1. The van der Waals surface area contributed by atoms with Gasteiger partial charge in [-0.1, -0.05) is 25.6 Å². The maximum absolute atomic E-state index is 11.2. The molecule has 2 rings (SSSR count). The Labute approximate surface area is 119 Å². The molecule has 8 heteroatoms. The van der Waals surface area contributed by atoms with Crippen molar-refractivity contribution in [2.75, 3.05) is 0 Å². The fourth-order valence-electron chi connectivity index (χ4n) is 1.59. The van der Waals surface area contributed by atoms with Crippen molar-refractivity contribution in [3.8, 4) is 11.4 Å². The molecule has 1 unspecified atom stereocenters. The number of aromatic hydroxyl groups is 1. The van der Waals surface area contributed by atoms with Crippen molar-refractivity contribution in [1.29, 1.82) is 0 Å². The molecule has 0 fully saturated rings. The van der Waals surface area contributed by atoms with E-state index in [-0.39, 0.29) is 11.7 Å². The molecule has 1 aromatic carbocycles. The SMILES string of the molecule is CC(C)C(Sc1nnnn1-c1ccc(O)cc1)C(=O)O. The van der Waals surface area contributed by atoms with Crippen LogP contribution in [0.5, 0.6) is 5.75 Å². The minimum Gasteiger partial charge on any atom is -0.508 e. The number of benzene rings is 1. The van der Waals surface area contributed by atoms with Crippen LogP contribution in [0.15, 0.2) is 29.4 Å². The zero-order valence-corrected chi connectivity index (χ0v) is 11.8. The summed E-state index contributed by atoms with van der Waals surface area (Å²) in [7, 11) is 0. The summed E-state index contributed by atoms with van der Waals surface area (Å²) in [5, 5.41) is 29.5. The van der Waals surface area contributed by atoms with Crippen LogP contribution in [0.4, 0.5) is 0 Å². The molecule has 0 amide bonds. The number of carboxylic acid groups (broad SMARTS) is 1. The van der Waals surface area contributed by atoms with E-state index in [1.165, 1.54) is 16.8 Å². The van der Waals surface area contributed by atoms with Crippen LogP contribution in [0.1, 0.15) is 13.8 Å². The number of aliphatic carboxylic acids is 1. The Kier molecular flexibility index (Phi) is 4.23. The van der Waals surface area contributed by atoms with E-state index in [4.69, 9.17) is 0 Å². The Bertz CT molecular complexity index is 597. The number of aromatic nitrogens is 4. The molecule has 1 aromatic heterocycles. The van der Waals surface area contributed by atoms with Crippen molar-refractivity contribution in [2.45, 2.75) is 24.3 Å². The van der Waals surface area contributed by atoms with Gasteiger partial charge in [0.2, 0.25) is 5.16 Å². The van der Waals surface area contributed by atoms with Crippen LogP contribution in [-0.4, -0.2) is 41.6 Å². The summed E-state index contributed by atoms with van der Waals surface area (Å²) in [6, 6.07) is 6.34. The maximum atomic E-state index is 11.2. The number of hydrogen-bond donors (Lipinski definition) is 2. The highest BCUT2D eigenvalue weighted by Gasteiger charge is 2.25. The number of rotatable bonds is 5. The van der Waals surface area contributed by atoms with E-state index in [2.05, 4.69) is 15.5 Å². The molecule has 0 aliphatic rings. The monoisotopic (exact) mass is 294 g/mol. The first-order valence-corrected chi connectivity index (χ1v) is 6.84. The third kappa shape index (κ3) is 3.08. The lowest BCUT2D eigenvalue weighted by molar-refractivity contribution is -0.137. The second-order valence-corrected chi connectivity index (χ2v) is 5.62. The highest BCUT2D eigenvalue weighted by Crippen LogP contribution is 2.28. The molecule has 0 saturated carbocycles. The van der Waals surface area contributed by atoms with Gasteiger partial charge in [0.05, 0.1) is 5.69 Å². The average Bonchev–Trinajstić information content (AvgIpc) is 2.84. The first-order valence-electron chi connectivity index (χ1n) is 5.96. The van der Waals surface area contributed by atoms with Gasteiger partial charge in [-0.2, -0.15) is 4.68 Å². The Morgan fingerprint density at radius 3 is 2.50 bits per heavy atom. The van der Waals surface area contributed by atoms with Gasteiger partial charge in [-0.25, -0.2) is 0 Å². The topological polar surface area (TPSA) is 101 Å². The van der Waals surface area contributed by atoms with E-state index in [1.807, 2.05) is 13.8 Å². The molecule has 0 aliphatic carbocycles. The van der Waals surface area contributed by atoms with Crippen LogP contribution >= 0.6 is 11.8 Å². The lowest BCUT2D eigenvalue weighted by atomic mass is 10.1. The molecule has 1 heterocycles. The molecule has 0 saturated heterocycles. The Balaban J connectivity index is 2.29. The van der Waals surface area contributed by atoms with E-state index >= 15 is 0 Å². The largest absolute Gasteiger partial charge is 0.508 e. The average molecular weight is 294 g/mol. The summed E-state index contributed by atoms with van der Waals surface area (Å²) in [6.45, 7) is 3.67. The molecular weight excluding hydrogens is 280 g/mol. The highest BCUT2D eigenvalue weighted by molar-refractivity contribution is 8.00. The number of phenols is 1. The number of phenolic OH excluding ortho intramolecular Hbond substituents is 1. The van der Waals surface area contributed by atoms with Gasteiger partial charge in [0, 0.05) is 0 Å². The van der Waals surface area contributed by atoms with E-state index in [1.54, 1.807) is 12.1 Å². The summed E-state index contributed by atoms with van der Waals surface area (Å²) in [5.74, 6) is -0.811. The van der Waals surface area contributed by atoms with Gasteiger partial charge in [0.25, 0.3) is 0 Å². The van der Waals surface area contributed by atoms with Gasteiger partial charge >= 0.3 is 5.97 Å². The van der Waals surface area contributed by atoms with Crippen LogP contribution in [0.2, 0.25) is 0 Å². The molecule has 0 radical (unpaired) electrons. The second-order valence-electron chi connectivity index (χ2n) is 4.51. The number of carbonyl (C=O) groups is 1. The van der Waals surface area contributed by atoms with Gasteiger partial charge in [0.15, 0.2) is 0 Å². The summed E-state index contributed by atoms with van der Waals surface area (Å²) in [4.78, 5) is 11.2. The standard InChI is InChI=1S/C12H14N4O3S/c1-7(2)10(11(18)19)20-12-13-14-15-16(12)8-3-5-9(17)6-4-8/h3-7,10,17H,1-2H3,(H,18,19). The molecule has 0 spiro atoms. The number of hydrogen-bond acceptors (Lipinski definition) is 6. The molecule has 20 heavy (non-hydrogen) atoms. The number of tetrazole rings is 1. The second kappa shape index (κ2) is 5.91. The van der Waals surface area contributed by atoms with Crippen LogP contribution < -0.4 is 0 Å². The van der Waals surface area contributed by atoms with E-state index in [0.717, 1.165) is 11.8 Å². The summed E-state index contributed by atoms with van der Waals surface area (Å²) >= 11 is 1.10. The highest BCUT2D eigenvalue weighted by atomic mass is 32.2. The molecule has 0 aliphatic heterocycles. The van der Waals surface area contributed by atoms with Crippen molar-refractivity contribution in [3.63, 3.8) is 0 Å². The molecule has 2 aromatic rings. The van der Waals surface area contributed by atoms with Crippen molar-refractivity contribution in [1.82, 2.24) is 20.2 Å². The van der Waals surface area contributed by atoms with Crippen LogP contribution in [0.25, 0.3) is 5.69 Å². The van der Waals surface area contributed by atoms with E-state index in [9.17, 15) is 15.0 Å². The first kappa shape index (κ1) is 14.3. The normalized spacial score (nSPS) is 12.6. The molecule has 2 N–H and O–H groups in total. The Morgan fingerprint density at radius 1 is 1.30 bits per heavy atom. The van der Waals surface area contributed by atoms with Crippen LogP contribution in [0.3, 0.4) is 0 Å². The van der Waals surface area contributed by atoms with E-state index < -0.39 is 11.2 Å². The van der Waals surface area contributed by atoms with Gasteiger partial charge in [-0.3, -0.25) is 4.79 Å². The van der Waals surface area contributed by atoms with Gasteiger partial charge in [0.1, 0.15) is 11.0 Å². The van der Waals surface area contributed by atoms with Crippen molar-refractivity contribution in [2.24, 2.45) is 5.92 Å². The number of thioether (sulfide) groups is 1. The minimum absolute atomic E-state index is 0.0533. The molecule has 7 nitrogen and oxygen atoms in total. The van der Waals surface area contributed by atoms with Gasteiger partial charge < -0.3 is 10.2 Å². The van der Waals surface area contributed by atoms with E-state index in [0.29, 0.717) is 10.8 Å². The third-order valence-corrected chi connectivity index (χ3v) is 4.08. The molecule has 1 atom stereocenters.